The van der Waals surface area contributed by atoms with Gasteiger partial charge in [0.05, 0.1) is 0 Å². The van der Waals surface area contributed by atoms with Crippen LogP contribution in [0.5, 0.6) is 5.75 Å². The Bertz CT molecular complexity index is 354. The fourth-order valence-electron chi connectivity index (χ4n) is 2.31. The van der Waals surface area contributed by atoms with E-state index in [9.17, 15) is 5.11 Å². The predicted molar refractivity (Wildman–Crippen MR) is 66.9 cm³/mol. The minimum absolute atomic E-state index is 0.458. The van der Waals surface area contributed by atoms with Crippen LogP contribution in [-0.4, -0.2) is 17.7 Å². The number of aromatic hydroxyl groups is 1. The highest BCUT2D eigenvalue weighted by atomic mass is 16.3. The van der Waals surface area contributed by atoms with Gasteiger partial charge in [0.25, 0.3) is 0 Å². The third-order valence-corrected chi connectivity index (χ3v) is 3.40. The molecule has 0 aliphatic carbocycles. The van der Waals surface area contributed by atoms with Gasteiger partial charge in [-0.15, -0.1) is 0 Å². The smallest absolute Gasteiger partial charge is 0.119 e. The van der Waals surface area contributed by atoms with Gasteiger partial charge in [-0.25, -0.2) is 0 Å². The lowest BCUT2D eigenvalue weighted by Crippen LogP contribution is -2.23. The summed E-state index contributed by atoms with van der Waals surface area (Å²) in [5.41, 5.74) is 2.28. The van der Waals surface area contributed by atoms with Crippen molar-refractivity contribution in [3.8, 4) is 5.75 Å². The lowest BCUT2D eigenvalue weighted by Gasteiger charge is -2.13. The highest BCUT2D eigenvalue weighted by Crippen LogP contribution is 2.25. The van der Waals surface area contributed by atoms with Crippen LogP contribution in [0.2, 0.25) is 0 Å². The average Bonchev–Trinajstić information content (AvgIpc) is 2.73. The molecule has 0 aromatic heterocycles. The van der Waals surface area contributed by atoms with E-state index in [0.29, 0.717) is 17.7 Å². The molecule has 1 saturated heterocycles. The molecule has 0 spiro atoms. The van der Waals surface area contributed by atoms with Crippen molar-refractivity contribution in [2.75, 3.05) is 6.54 Å². The number of phenols is 1. The molecule has 2 heteroatoms. The van der Waals surface area contributed by atoms with E-state index in [0.717, 1.165) is 18.5 Å². The molecular formula is C14H21NO. The third kappa shape index (κ3) is 2.56. The van der Waals surface area contributed by atoms with Crippen LogP contribution in [0.1, 0.15) is 43.7 Å². The van der Waals surface area contributed by atoms with Crippen molar-refractivity contribution in [1.82, 2.24) is 5.32 Å². The summed E-state index contributed by atoms with van der Waals surface area (Å²) in [6, 6.07) is 6.67. The summed E-state index contributed by atoms with van der Waals surface area (Å²) < 4.78 is 0. The molecule has 1 atom stereocenters. The van der Waals surface area contributed by atoms with Crippen LogP contribution in [0.15, 0.2) is 18.2 Å². The molecule has 1 aromatic carbocycles. The van der Waals surface area contributed by atoms with Gasteiger partial charge in [0.2, 0.25) is 0 Å². The molecule has 0 saturated carbocycles. The molecule has 2 nitrogen and oxygen atoms in total. The summed E-state index contributed by atoms with van der Waals surface area (Å²) in [7, 11) is 0. The molecule has 1 aromatic rings. The van der Waals surface area contributed by atoms with Crippen molar-refractivity contribution >= 4 is 0 Å². The molecule has 0 amide bonds. The van der Waals surface area contributed by atoms with Gasteiger partial charge in [0, 0.05) is 6.04 Å². The topological polar surface area (TPSA) is 32.3 Å². The number of phenolic OH excluding ortho intramolecular Hbond substituents is 1. The van der Waals surface area contributed by atoms with E-state index in [-0.39, 0.29) is 0 Å². The Hall–Kier alpha value is -1.02. The quantitative estimate of drug-likeness (QED) is 0.819. The molecule has 1 unspecified atom stereocenters. The molecule has 88 valence electrons. The minimum Gasteiger partial charge on any atom is -0.508 e. The number of nitrogens with one attached hydrogen (secondary N) is 1. The highest BCUT2D eigenvalue weighted by Gasteiger charge is 2.16. The normalized spacial score (nSPS) is 20.6. The molecule has 1 fully saturated rings. The maximum absolute atomic E-state index is 9.97. The molecule has 0 radical (unpaired) electrons. The van der Waals surface area contributed by atoms with Crippen LogP contribution in [0, 0.1) is 0 Å². The molecule has 1 aliphatic rings. The van der Waals surface area contributed by atoms with Crippen molar-refractivity contribution in [1.29, 1.82) is 0 Å². The van der Waals surface area contributed by atoms with E-state index in [4.69, 9.17) is 0 Å². The molecule has 2 N–H and O–H groups in total. The summed E-state index contributed by atoms with van der Waals surface area (Å²) in [5.74, 6) is 0.935. The van der Waals surface area contributed by atoms with Crippen LogP contribution >= 0.6 is 0 Å². The Morgan fingerprint density at radius 3 is 2.81 bits per heavy atom. The fraction of sp³-hybridized carbons (Fsp3) is 0.571. The Morgan fingerprint density at radius 2 is 2.25 bits per heavy atom. The first-order valence-electron chi connectivity index (χ1n) is 6.22. The molecular weight excluding hydrogens is 198 g/mol. The monoisotopic (exact) mass is 219 g/mol. The summed E-state index contributed by atoms with van der Waals surface area (Å²) in [4.78, 5) is 0. The second-order valence-corrected chi connectivity index (χ2v) is 5.04. The minimum atomic E-state index is 0.458. The van der Waals surface area contributed by atoms with Crippen molar-refractivity contribution < 1.29 is 5.11 Å². The van der Waals surface area contributed by atoms with Gasteiger partial charge < -0.3 is 10.4 Å². The van der Waals surface area contributed by atoms with Crippen molar-refractivity contribution in [3.63, 3.8) is 0 Å². The van der Waals surface area contributed by atoms with Gasteiger partial charge in [-0.3, -0.25) is 0 Å². The van der Waals surface area contributed by atoms with Crippen molar-refractivity contribution in [2.24, 2.45) is 0 Å². The van der Waals surface area contributed by atoms with E-state index in [1.165, 1.54) is 18.4 Å². The second-order valence-electron chi connectivity index (χ2n) is 5.04. The first kappa shape index (κ1) is 11.5. The number of benzene rings is 1. The standard InChI is InChI=1S/C14H21NO/c1-10(2)11-5-6-12(14(16)9-11)8-13-4-3-7-15-13/h5-6,9-10,13,15-16H,3-4,7-8H2,1-2H3. The zero-order valence-corrected chi connectivity index (χ0v) is 10.2. The van der Waals surface area contributed by atoms with Crippen LogP contribution in [0.4, 0.5) is 0 Å². The van der Waals surface area contributed by atoms with Gasteiger partial charge >= 0.3 is 0 Å². The highest BCUT2D eigenvalue weighted by molar-refractivity contribution is 5.38. The van der Waals surface area contributed by atoms with Crippen LogP contribution in [-0.2, 0) is 6.42 Å². The summed E-state index contributed by atoms with van der Waals surface area (Å²) in [5, 5.41) is 13.4. The number of rotatable bonds is 3. The molecule has 1 heterocycles. The summed E-state index contributed by atoms with van der Waals surface area (Å²) >= 11 is 0. The Balaban J connectivity index is 2.09. The second kappa shape index (κ2) is 4.88. The first-order valence-corrected chi connectivity index (χ1v) is 6.22. The van der Waals surface area contributed by atoms with Gasteiger partial charge in [0.1, 0.15) is 5.75 Å². The van der Waals surface area contributed by atoms with Crippen molar-refractivity contribution in [2.45, 2.75) is 45.1 Å². The number of hydrogen-bond donors (Lipinski definition) is 2. The Kier molecular flexibility index (Phi) is 3.49. The van der Waals surface area contributed by atoms with E-state index in [1.807, 2.05) is 6.07 Å². The van der Waals surface area contributed by atoms with E-state index in [1.54, 1.807) is 0 Å². The van der Waals surface area contributed by atoms with Crippen LogP contribution in [0.25, 0.3) is 0 Å². The zero-order valence-electron chi connectivity index (χ0n) is 10.2. The zero-order chi connectivity index (χ0) is 11.5. The van der Waals surface area contributed by atoms with Gasteiger partial charge in [-0.2, -0.15) is 0 Å². The molecule has 1 aliphatic heterocycles. The Labute approximate surface area is 97.7 Å². The third-order valence-electron chi connectivity index (χ3n) is 3.40. The number of hydrogen-bond acceptors (Lipinski definition) is 2. The Morgan fingerprint density at radius 1 is 1.44 bits per heavy atom. The maximum atomic E-state index is 9.97. The fourth-order valence-corrected chi connectivity index (χ4v) is 2.31. The first-order chi connectivity index (χ1) is 7.66. The van der Waals surface area contributed by atoms with E-state index >= 15 is 0 Å². The average molecular weight is 219 g/mol. The van der Waals surface area contributed by atoms with Crippen LogP contribution in [0.3, 0.4) is 0 Å². The lowest BCUT2D eigenvalue weighted by atomic mass is 9.97. The van der Waals surface area contributed by atoms with Gasteiger partial charge in [-0.1, -0.05) is 26.0 Å². The summed E-state index contributed by atoms with van der Waals surface area (Å²) in [6.45, 7) is 5.41. The van der Waals surface area contributed by atoms with E-state index in [2.05, 4.69) is 31.3 Å². The molecule has 0 bridgehead atoms. The molecule has 16 heavy (non-hydrogen) atoms. The summed E-state index contributed by atoms with van der Waals surface area (Å²) in [6.07, 6.45) is 3.44. The molecule has 2 rings (SSSR count). The van der Waals surface area contributed by atoms with Gasteiger partial charge in [0.15, 0.2) is 0 Å². The van der Waals surface area contributed by atoms with E-state index < -0.39 is 0 Å². The SMILES string of the molecule is CC(C)c1ccc(CC2CCCN2)c(O)c1. The lowest BCUT2D eigenvalue weighted by molar-refractivity contribution is 0.461. The van der Waals surface area contributed by atoms with Crippen LogP contribution < -0.4 is 5.32 Å². The van der Waals surface area contributed by atoms with Crippen molar-refractivity contribution in [3.05, 3.63) is 29.3 Å². The van der Waals surface area contributed by atoms with Gasteiger partial charge in [-0.05, 0) is 48.9 Å². The largest absolute Gasteiger partial charge is 0.508 e. The maximum Gasteiger partial charge on any atom is 0.119 e. The predicted octanol–water partition coefficient (Wildman–Crippen LogP) is 2.81.